The maximum Gasteiger partial charge on any atom is 0.223 e. The Kier molecular flexibility index (Phi) is 2.72. The number of rotatable bonds is 1. The van der Waals surface area contributed by atoms with Crippen molar-refractivity contribution in [1.82, 2.24) is 19.7 Å². The van der Waals surface area contributed by atoms with E-state index in [1.807, 2.05) is 13.8 Å². The van der Waals surface area contributed by atoms with E-state index in [-0.39, 0.29) is 12.0 Å². The van der Waals surface area contributed by atoms with E-state index < -0.39 is 0 Å². The van der Waals surface area contributed by atoms with Crippen LogP contribution in [-0.4, -0.2) is 19.7 Å². The van der Waals surface area contributed by atoms with Crippen LogP contribution in [0.25, 0.3) is 11.0 Å². The van der Waals surface area contributed by atoms with Crippen molar-refractivity contribution in [2.75, 3.05) is 5.73 Å². The Morgan fingerprint density at radius 3 is 2.67 bits per heavy atom. The molecule has 2 rings (SSSR count). The van der Waals surface area contributed by atoms with Crippen LogP contribution in [0.1, 0.15) is 19.9 Å². The predicted octanol–water partition coefficient (Wildman–Crippen LogP) is 2.25. The predicted molar refractivity (Wildman–Crippen MR) is 67.8 cm³/mol. The van der Waals surface area contributed by atoms with Crippen LogP contribution in [0.5, 0.6) is 0 Å². The van der Waals surface area contributed by atoms with Crippen molar-refractivity contribution >= 4 is 51.2 Å². The minimum atomic E-state index is 0.172. The van der Waals surface area contributed by atoms with Gasteiger partial charge in [0.1, 0.15) is 8.85 Å². The minimum absolute atomic E-state index is 0.172. The summed E-state index contributed by atoms with van der Waals surface area (Å²) in [6, 6.07) is 0.210. The molecule has 7 heteroatoms. The summed E-state index contributed by atoms with van der Waals surface area (Å²) < 4.78 is 2.59. The van der Waals surface area contributed by atoms with Gasteiger partial charge in [0.15, 0.2) is 5.65 Å². The van der Waals surface area contributed by atoms with Gasteiger partial charge in [0.05, 0.1) is 5.39 Å². The van der Waals surface area contributed by atoms with Crippen LogP contribution in [0.3, 0.4) is 0 Å². The lowest BCUT2D eigenvalue weighted by atomic mass is 10.4. The Bertz CT molecular complexity index is 521. The van der Waals surface area contributed by atoms with Gasteiger partial charge in [0.2, 0.25) is 5.95 Å². The Morgan fingerprint density at radius 1 is 1.40 bits per heavy atom. The molecule has 15 heavy (non-hydrogen) atoms. The molecule has 0 aliphatic heterocycles. The number of fused-ring (bicyclic) bond motifs is 1. The van der Waals surface area contributed by atoms with Crippen molar-refractivity contribution in [2.24, 2.45) is 0 Å². The van der Waals surface area contributed by atoms with Crippen LogP contribution >= 0.6 is 34.2 Å². The molecule has 0 unspecified atom stereocenters. The lowest BCUT2D eigenvalue weighted by molar-refractivity contribution is 0.543. The van der Waals surface area contributed by atoms with Crippen molar-refractivity contribution in [3.63, 3.8) is 0 Å². The summed E-state index contributed by atoms with van der Waals surface area (Å²) in [5, 5.41) is 5.47. The van der Waals surface area contributed by atoms with Gasteiger partial charge in [0, 0.05) is 6.04 Å². The van der Waals surface area contributed by atoms with Crippen molar-refractivity contribution < 1.29 is 0 Å². The summed E-state index contributed by atoms with van der Waals surface area (Å²) in [5.41, 5.74) is 6.24. The van der Waals surface area contributed by atoms with Crippen LogP contribution in [0.15, 0.2) is 0 Å². The first-order valence-electron chi connectivity index (χ1n) is 4.37. The van der Waals surface area contributed by atoms with Gasteiger partial charge in [-0.2, -0.15) is 10.1 Å². The smallest absolute Gasteiger partial charge is 0.223 e. The fourth-order valence-electron chi connectivity index (χ4n) is 1.33. The maximum atomic E-state index is 6.00. The minimum Gasteiger partial charge on any atom is -0.368 e. The first kappa shape index (κ1) is 10.9. The molecular formula is C8H9ClIN5. The van der Waals surface area contributed by atoms with E-state index in [2.05, 4.69) is 37.7 Å². The molecule has 0 amide bonds. The van der Waals surface area contributed by atoms with E-state index >= 15 is 0 Å². The zero-order chi connectivity index (χ0) is 11.2. The molecule has 0 saturated carbocycles. The highest BCUT2D eigenvalue weighted by molar-refractivity contribution is 14.1. The molecule has 0 bridgehead atoms. The van der Waals surface area contributed by atoms with Gasteiger partial charge < -0.3 is 5.73 Å². The second-order valence-corrected chi connectivity index (χ2v) is 4.78. The third-order valence-electron chi connectivity index (χ3n) is 1.97. The molecule has 0 aromatic carbocycles. The second-order valence-electron chi connectivity index (χ2n) is 3.40. The Hall–Kier alpha value is -0.630. The molecule has 0 saturated heterocycles. The van der Waals surface area contributed by atoms with E-state index in [1.54, 1.807) is 4.68 Å². The summed E-state index contributed by atoms with van der Waals surface area (Å²) in [6.07, 6.45) is 0. The van der Waals surface area contributed by atoms with Gasteiger partial charge in [-0.05, 0) is 36.4 Å². The van der Waals surface area contributed by atoms with Crippen molar-refractivity contribution in [1.29, 1.82) is 0 Å². The third-order valence-corrected chi connectivity index (χ3v) is 3.00. The molecule has 2 heterocycles. The highest BCUT2D eigenvalue weighted by Crippen LogP contribution is 2.27. The summed E-state index contributed by atoms with van der Waals surface area (Å²) >= 11 is 8.11. The van der Waals surface area contributed by atoms with Crippen molar-refractivity contribution in [2.45, 2.75) is 19.9 Å². The summed E-state index contributed by atoms with van der Waals surface area (Å²) in [6.45, 7) is 4.05. The topological polar surface area (TPSA) is 69.6 Å². The van der Waals surface area contributed by atoms with Crippen molar-refractivity contribution in [3.8, 4) is 0 Å². The zero-order valence-electron chi connectivity index (χ0n) is 8.20. The number of nitrogen functional groups attached to an aromatic ring is 1. The molecule has 0 aliphatic carbocycles. The molecule has 0 spiro atoms. The van der Waals surface area contributed by atoms with Gasteiger partial charge in [-0.3, -0.25) is 0 Å². The zero-order valence-corrected chi connectivity index (χ0v) is 11.1. The fourth-order valence-corrected chi connectivity index (χ4v) is 2.48. The Labute approximate surface area is 105 Å². The molecule has 80 valence electrons. The van der Waals surface area contributed by atoms with Crippen LogP contribution in [-0.2, 0) is 0 Å². The summed E-state index contributed by atoms with van der Waals surface area (Å²) in [4.78, 5) is 8.07. The molecular weight excluding hydrogens is 328 g/mol. The number of anilines is 1. The lowest BCUT2D eigenvalue weighted by Crippen LogP contribution is -2.05. The second kappa shape index (κ2) is 3.75. The van der Waals surface area contributed by atoms with Crippen LogP contribution in [0, 0.1) is 3.70 Å². The largest absolute Gasteiger partial charge is 0.368 e. The quantitative estimate of drug-likeness (QED) is 0.640. The van der Waals surface area contributed by atoms with E-state index in [1.165, 1.54) is 0 Å². The fraction of sp³-hybridized carbons (Fsp3) is 0.375. The molecule has 0 radical (unpaired) electrons. The first-order chi connectivity index (χ1) is 7.00. The Morgan fingerprint density at radius 2 is 2.07 bits per heavy atom. The number of hydrogen-bond donors (Lipinski definition) is 1. The molecule has 2 N–H and O–H groups in total. The van der Waals surface area contributed by atoms with Crippen LogP contribution < -0.4 is 5.73 Å². The molecule has 0 fully saturated rings. The molecule has 5 nitrogen and oxygen atoms in total. The lowest BCUT2D eigenvalue weighted by Gasteiger charge is -2.05. The average Bonchev–Trinajstić information content (AvgIpc) is 2.42. The maximum absolute atomic E-state index is 6.00. The van der Waals surface area contributed by atoms with E-state index in [9.17, 15) is 0 Å². The number of hydrogen-bond acceptors (Lipinski definition) is 4. The third kappa shape index (κ3) is 1.76. The van der Waals surface area contributed by atoms with Crippen LogP contribution in [0.2, 0.25) is 5.15 Å². The highest BCUT2D eigenvalue weighted by Gasteiger charge is 2.16. The number of aromatic nitrogens is 4. The van der Waals surface area contributed by atoms with Gasteiger partial charge in [-0.25, -0.2) is 9.67 Å². The molecule has 0 aliphatic rings. The van der Waals surface area contributed by atoms with E-state index in [0.717, 1.165) is 9.09 Å². The van der Waals surface area contributed by atoms with Crippen LogP contribution in [0.4, 0.5) is 5.95 Å². The number of nitrogens with zero attached hydrogens (tertiary/aromatic N) is 4. The monoisotopic (exact) mass is 337 g/mol. The molecule has 0 atom stereocenters. The average molecular weight is 338 g/mol. The standard InChI is InChI=1S/C8H9ClIN5/c1-3(2)15-7-4(6(10)14-15)5(9)12-8(11)13-7/h3H,1-2H3,(H2,11,12,13). The molecule has 2 aromatic rings. The first-order valence-corrected chi connectivity index (χ1v) is 5.83. The normalized spacial score (nSPS) is 11.5. The number of nitrogens with two attached hydrogens (primary N) is 1. The number of halogens is 2. The molecule has 2 aromatic heterocycles. The SMILES string of the molecule is CC(C)n1nc(I)c2c(Cl)nc(N)nc21. The van der Waals surface area contributed by atoms with Gasteiger partial charge in [-0.1, -0.05) is 11.6 Å². The summed E-state index contributed by atoms with van der Waals surface area (Å²) in [7, 11) is 0. The van der Waals surface area contributed by atoms with Gasteiger partial charge in [-0.15, -0.1) is 0 Å². The summed E-state index contributed by atoms with van der Waals surface area (Å²) in [5.74, 6) is 0.172. The van der Waals surface area contributed by atoms with Gasteiger partial charge in [0.25, 0.3) is 0 Å². The Balaban J connectivity index is 2.87. The highest BCUT2D eigenvalue weighted by atomic mass is 127. The van der Waals surface area contributed by atoms with E-state index in [0.29, 0.717) is 10.8 Å². The van der Waals surface area contributed by atoms with Crippen molar-refractivity contribution in [3.05, 3.63) is 8.85 Å². The van der Waals surface area contributed by atoms with Gasteiger partial charge >= 0.3 is 0 Å². The van der Waals surface area contributed by atoms with E-state index in [4.69, 9.17) is 17.3 Å².